The molecule has 124 valence electrons. The Balaban J connectivity index is 1.74. The highest BCUT2D eigenvalue weighted by Gasteiger charge is 2.24. The highest BCUT2D eigenvalue weighted by atomic mass is 32.2. The highest BCUT2D eigenvalue weighted by molar-refractivity contribution is 7.88. The summed E-state index contributed by atoms with van der Waals surface area (Å²) >= 11 is 0. The molecule has 1 atom stereocenters. The van der Waals surface area contributed by atoms with Crippen LogP contribution in [0, 0.1) is 6.92 Å². The number of aliphatic hydroxyl groups excluding tert-OH is 1. The number of aliphatic hydroxyl groups is 1. The summed E-state index contributed by atoms with van der Waals surface area (Å²) in [6.45, 7) is 4.91. The van der Waals surface area contributed by atoms with Gasteiger partial charge < -0.3 is 9.84 Å². The molecule has 2 rings (SSSR count). The molecule has 0 aromatic heterocycles. The zero-order valence-corrected chi connectivity index (χ0v) is 13.9. The molecule has 1 fully saturated rings. The molecular formula is C15H24N2O4S. The summed E-state index contributed by atoms with van der Waals surface area (Å²) in [7, 11) is -3.11. The number of β-amino-alcohol motifs (C(OH)–C–C–N with tert-alkyl or cyclic N) is 1. The predicted molar refractivity (Wildman–Crippen MR) is 85.5 cm³/mol. The Morgan fingerprint density at radius 1 is 1.23 bits per heavy atom. The first-order valence-corrected chi connectivity index (χ1v) is 9.25. The summed E-state index contributed by atoms with van der Waals surface area (Å²) in [4.78, 5) is 2.06. The maximum Gasteiger partial charge on any atom is 0.211 e. The van der Waals surface area contributed by atoms with Gasteiger partial charge in [0.05, 0.1) is 6.26 Å². The zero-order valence-electron chi connectivity index (χ0n) is 13.1. The van der Waals surface area contributed by atoms with Gasteiger partial charge in [-0.15, -0.1) is 0 Å². The van der Waals surface area contributed by atoms with Crippen molar-refractivity contribution in [1.82, 2.24) is 9.21 Å². The van der Waals surface area contributed by atoms with E-state index >= 15 is 0 Å². The summed E-state index contributed by atoms with van der Waals surface area (Å²) in [6, 6.07) is 7.69. The lowest BCUT2D eigenvalue weighted by molar-refractivity contribution is 0.0568. The van der Waals surface area contributed by atoms with E-state index in [1.165, 1.54) is 10.6 Å². The molecule has 7 heteroatoms. The summed E-state index contributed by atoms with van der Waals surface area (Å²) in [5.41, 5.74) is 1.04. The molecule has 0 bridgehead atoms. The number of hydrogen-bond donors (Lipinski definition) is 1. The minimum absolute atomic E-state index is 0.233. The molecule has 6 nitrogen and oxygen atoms in total. The van der Waals surface area contributed by atoms with Gasteiger partial charge in [-0.3, -0.25) is 4.90 Å². The SMILES string of the molecule is Cc1ccccc1OCC(O)CN1CCN(S(C)(=O)=O)CC1. The van der Waals surface area contributed by atoms with Crippen LogP contribution < -0.4 is 4.74 Å². The number of ether oxygens (including phenoxy) is 1. The van der Waals surface area contributed by atoms with Crippen LogP contribution in [0.1, 0.15) is 5.56 Å². The van der Waals surface area contributed by atoms with E-state index in [-0.39, 0.29) is 6.61 Å². The first kappa shape index (κ1) is 17.2. The molecule has 1 unspecified atom stereocenters. The average molecular weight is 328 g/mol. The molecular weight excluding hydrogens is 304 g/mol. The molecule has 0 saturated carbocycles. The fraction of sp³-hybridized carbons (Fsp3) is 0.600. The number of aryl methyl sites for hydroxylation is 1. The van der Waals surface area contributed by atoms with Crippen LogP contribution in [-0.2, 0) is 10.0 Å². The van der Waals surface area contributed by atoms with Crippen molar-refractivity contribution in [2.45, 2.75) is 13.0 Å². The van der Waals surface area contributed by atoms with Gasteiger partial charge in [0.2, 0.25) is 10.0 Å². The molecule has 22 heavy (non-hydrogen) atoms. The second-order valence-corrected chi connectivity index (χ2v) is 7.68. The molecule has 0 spiro atoms. The van der Waals surface area contributed by atoms with Crippen molar-refractivity contribution in [2.24, 2.45) is 0 Å². The third-order valence-electron chi connectivity index (χ3n) is 3.79. The topological polar surface area (TPSA) is 70.1 Å². The summed E-state index contributed by atoms with van der Waals surface area (Å²) < 4.78 is 30.0. The minimum Gasteiger partial charge on any atom is -0.491 e. The molecule has 0 radical (unpaired) electrons. The molecule has 1 aromatic carbocycles. The molecule has 0 amide bonds. The molecule has 0 aliphatic carbocycles. The first-order valence-electron chi connectivity index (χ1n) is 7.40. The van der Waals surface area contributed by atoms with E-state index in [1.54, 1.807) is 0 Å². The van der Waals surface area contributed by atoms with Crippen LogP contribution in [0.25, 0.3) is 0 Å². The fourth-order valence-electron chi connectivity index (χ4n) is 2.50. The second kappa shape index (κ2) is 7.41. The lowest BCUT2D eigenvalue weighted by atomic mass is 10.2. The maximum absolute atomic E-state index is 11.4. The lowest BCUT2D eigenvalue weighted by Crippen LogP contribution is -2.50. The summed E-state index contributed by atoms with van der Waals surface area (Å²) in [5, 5.41) is 10.1. The summed E-state index contributed by atoms with van der Waals surface area (Å²) in [5.74, 6) is 0.781. The van der Waals surface area contributed by atoms with Gasteiger partial charge >= 0.3 is 0 Å². The number of para-hydroxylation sites is 1. The quantitative estimate of drug-likeness (QED) is 0.814. The van der Waals surface area contributed by atoms with Gasteiger partial charge in [-0.1, -0.05) is 18.2 Å². The van der Waals surface area contributed by atoms with Crippen molar-refractivity contribution in [3.05, 3.63) is 29.8 Å². The van der Waals surface area contributed by atoms with Crippen molar-refractivity contribution in [3.63, 3.8) is 0 Å². The lowest BCUT2D eigenvalue weighted by Gasteiger charge is -2.34. The predicted octanol–water partition coefficient (Wildman–Crippen LogP) is 0.312. The van der Waals surface area contributed by atoms with E-state index in [0.717, 1.165) is 11.3 Å². The van der Waals surface area contributed by atoms with Crippen LogP contribution in [0.3, 0.4) is 0 Å². The monoisotopic (exact) mass is 328 g/mol. The van der Waals surface area contributed by atoms with Crippen LogP contribution in [0.2, 0.25) is 0 Å². The van der Waals surface area contributed by atoms with Gasteiger partial charge in [0, 0.05) is 32.7 Å². The van der Waals surface area contributed by atoms with E-state index in [9.17, 15) is 13.5 Å². The van der Waals surface area contributed by atoms with Crippen molar-refractivity contribution in [2.75, 3.05) is 45.6 Å². The fourth-order valence-corrected chi connectivity index (χ4v) is 3.33. The average Bonchev–Trinajstić information content (AvgIpc) is 2.46. The highest BCUT2D eigenvalue weighted by Crippen LogP contribution is 2.16. The number of benzene rings is 1. The van der Waals surface area contributed by atoms with Crippen molar-refractivity contribution >= 4 is 10.0 Å². The normalized spacial score (nSPS) is 19.0. The van der Waals surface area contributed by atoms with Crippen LogP contribution >= 0.6 is 0 Å². The molecule has 1 aromatic rings. The number of rotatable bonds is 6. The molecule has 1 heterocycles. The maximum atomic E-state index is 11.4. The van der Waals surface area contributed by atoms with Crippen molar-refractivity contribution in [3.8, 4) is 5.75 Å². The number of nitrogens with zero attached hydrogens (tertiary/aromatic N) is 2. The Bertz CT molecular complexity index is 583. The van der Waals surface area contributed by atoms with Crippen LogP contribution in [0.15, 0.2) is 24.3 Å². The summed E-state index contributed by atoms with van der Waals surface area (Å²) in [6.07, 6.45) is 0.637. The van der Waals surface area contributed by atoms with Gasteiger partial charge in [0.1, 0.15) is 18.5 Å². The minimum atomic E-state index is -3.11. The standard InChI is InChI=1S/C15H24N2O4S/c1-13-5-3-4-6-15(13)21-12-14(18)11-16-7-9-17(10-8-16)22(2,19)20/h3-6,14,18H,7-12H2,1-2H3. The van der Waals surface area contributed by atoms with E-state index in [0.29, 0.717) is 32.7 Å². The van der Waals surface area contributed by atoms with Crippen LogP contribution in [0.5, 0.6) is 5.75 Å². The van der Waals surface area contributed by atoms with Gasteiger partial charge in [0.25, 0.3) is 0 Å². The molecule has 1 aliphatic heterocycles. The van der Waals surface area contributed by atoms with Crippen LogP contribution in [-0.4, -0.2) is 74.4 Å². The Morgan fingerprint density at radius 2 is 1.86 bits per heavy atom. The Labute approximate surface area is 132 Å². The Kier molecular flexibility index (Phi) is 5.80. The van der Waals surface area contributed by atoms with Gasteiger partial charge in [-0.2, -0.15) is 4.31 Å². The molecule has 1 saturated heterocycles. The van der Waals surface area contributed by atoms with Crippen LogP contribution in [0.4, 0.5) is 0 Å². The van der Waals surface area contributed by atoms with Crippen molar-refractivity contribution in [1.29, 1.82) is 0 Å². The molecule has 1 aliphatic rings. The number of sulfonamides is 1. The van der Waals surface area contributed by atoms with Gasteiger partial charge in [-0.05, 0) is 18.6 Å². The largest absolute Gasteiger partial charge is 0.491 e. The second-order valence-electron chi connectivity index (χ2n) is 5.69. The number of hydrogen-bond acceptors (Lipinski definition) is 5. The van der Waals surface area contributed by atoms with E-state index in [4.69, 9.17) is 4.74 Å². The van der Waals surface area contributed by atoms with Gasteiger partial charge in [0.15, 0.2) is 0 Å². The third-order valence-corrected chi connectivity index (χ3v) is 5.10. The Hall–Kier alpha value is -1.15. The van der Waals surface area contributed by atoms with E-state index in [2.05, 4.69) is 4.90 Å². The van der Waals surface area contributed by atoms with E-state index < -0.39 is 16.1 Å². The van der Waals surface area contributed by atoms with Gasteiger partial charge in [-0.25, -0.2) is 8.42 Å². The molecule has 1 N–H and O–H groups in total. The van der Waals surface area contributed by atoms with E-state index in [1.807, 2.05) is 31.2 Å². The number of piperazine rings is 1. The Morgan fingerprint density at radius 3 is 2.45 bits per heavy atom. The smallest absolute Gasteiger partial charge is 0.211 e. The zero-order chi connectivity index (χ0) is 16.2. The third kappa shape index (κ3) is 4.95. The first-order chi connectivity index (χ1) is 10.4. The van der Waals surface area contributed by atoms with Crippen molar-refractivity contribution < 1.29 is 18.3 Å².